The number of methoxy groups -OCH3 is 1. The first-order chi connectivity index (χ1) is 13.3. The standard InChI is InChI=1S/C19H23BrN2O5S/c1-4-16(27-5-2)19(23)21-15-10-11-17(26-3)18(12-15)28(24,25)22-14-8-6-13(20)7-9-14/h6-12,16,22H,4-5H2,1-3H3,(H,21,23). The second-order valence-electron chi connectivity index (χ2n) is 5.82. The van der Waals surface area contributed by atoms with Gasteiger partial charge in [-0.1, -0.05) is 22.9 Å². The summed E-state index contributed by atoms with van der Waals surface area (Å²) in [4.78, 5) is 12.3. The molecule has 2 aromatic rings. The van der Waals surface area contributed by atoms with E-state index in [1.54, 1.807) is 30.3 Å². The molecule has 0 saturated carbocycles. The van der Waals surface area contributed by atoms with E-state index in [4.69, 9.17) is 9.47 Å². The maximum absolute atomic E-state index is 12.9. The third kappa shape index (κ3) is 5.70. The van der Waals surface area contributed by atoms with Crippen LogP contribution in [-0.2, 0) is 19.6 Å². The van der Waals surface area contributed by atoms with Crippen molar-refractivity contribution in [3.8, 4) is 5.75 Å². The Morgan fingerprint density at radius 1 is 1.11 bits per heavy atom. The second-order valence-corrected chi connectivity index (χ2v) is 8.39. The van der Waals surface area contributed by atoms with Crippen LogP contribution in [0.3, 0.4) is 0 Å². The van der Waals surface area contributed by atoms with Crippen LogP contribution in [0.25, 0.3) is 0 Å². The minimum atomic E-state index is -3.94. The molecule has 28 heavy (non-hydrogen) atoms. The van der Waals surface area contributed by atoms with Gasteiger partial charge in [0.05, 0.1) is 7.11 Å². The smallest absolute Gasteiger partial charge is 0.265 e. The fourth-order valence-electron chi connectivity index (χ4n) is 2.50. The third-order valence-electron chi connectivity index (χ3n) is 3.85. The summed E-state index contributed by atoms with van der Waals surface area (Å²) in [6, 6.07) is 11.1. The first-order valence-corrected chi connectivity index (χ1v) is 11.0. The highest BCUT2D eigenvalue weighted by Gasteiger charge is 2.22. The molecule has 0 aromatic heterocycles. The lowest BCUT2D eigenvalue weighted by atomic mass is 10.2. The van der Waals surface area contributed by atoms with E-state index in [1.807, 2.05) is 13.8 Å². The van der Waals surface area contributed by atoms with Crippen LogP contribution >= 0.6 is 15.9 Å². The predicted octanol–water partition coefficient (Wildman–Crippen LogP) is 4.01. The average Bonchev–Trinajstić information content (AvgIpc) is 2.67. The summed E-state index contributed by atoms with van der Waals surface area (Å²) in [5.74, 6) is -0.168. The van der Waals surface area contributed by atoms with Crippen LogP contribution in [0.1, 0.15) is 20.3 Å². The number of halogens is 1. The van der Waals surface area contributed by atoms with Crippen molar-refractivity contribution in [3.63, 3.8) is 0 Å². The highest BCUT2D eigenvalue weighted by Crippen LogP contribution is 2.29. The molecule has 0 aliphatic rings. The lowest BCUT2D eigenvalue weighted by Gasteiger charge is -2.17. The van der Waals surface area contributed by atoms with Crippen LogP contribution in [0, 0.1) is 0 Å². The first kappa shape index (κ1) is 22.2. The number of amides is 1. The van der Waals surface area contributed by atoms with Crippen LogP contribution in [0.15, 0.2) is 51.8 Å². The Bertz CT molecular complexity index is 916. The molecular weight excluding hydrogens is 448 g/mol. The van der Waals surface area contributed by atoms with E-state index in [1.165, 1.54) is 19.2 Å². The summed E-state index contributed by atoms with van der Waals surface area (Å²) in [6.07, 6.45) is -0.0976. The van der Waals surface area contributed by atoms with Crippen molar-refractivity contribution in [1.29, 1.82) is 0 Å². The Kier molecular flexibility index (Phi) is 7.85. The molecule has 0 radical (unpaired) electrons. The number of hydrogen-bond acceptors (Lipinski definition) is 5. The fraction of sp³-hybridized carbons (Fsp3) is 0.316. The SMILES string of the molecule is CCOC(CC)C(=O)Nc1ccc(OC)c(S(=O)(=O)Nc2ccc(Br)cc2)c1. The van der Waals surface area contributed by atoms with Crippen LogP contribution in [0.5, 0.6) is 5.75 Å². The topological polar surface area (TPSA) is 93.7 Å². The normalized spacial score (nSPS) is 12.3. The zero-order valence-corrected chi connectivity index (χ0v) is 18.3. The number of nitrogens with one attached hydrogen (secondary N) is 2. The summed E-state index contributed by atoms with van der Waals surface area (Å²) < 4.78 is 39.6. The van der Waals surface area contributed by atoms with Crippen LogP contribution in [0.2, 0.25) is 0 Å². The quantitative estimate of drug-likeness (QED) is 0.577. The van der Waals surface area contributed by atoms with Gasteiger partial charge in [0.15, 0.2) is 0 Å². The van der Waals surface area contributed by atoms with E-state index in [2.05, 4.69) is 26.0 Å². The van der Waals surface area contributed by atoms with Gasteiger partial charge in [-0.15, -0.1) is 0 Å². The first-order valence-electron chi connectivity index (χ1n) is 8.69. The number of hydrogen-bond donors (Lipinski definition) is 2. The van der Waals surface area contributed by atoms with E-state index >= 15 is 0 Å². The molecule has 1 atom stereocenters. The fourth-order valence-corrected chi connectivity index (χ4v) is 4.01. The maximum atomic E-state index is 12.9. The molecule has 2 N–H and O–H groups in total. The summed E-state index contributed by atoms with van der Waals surface area (Å²) >= 11 is 3.31. The van der Waals surface area contributed by atoms with Crippen molar-refractivity contribution in [3.05, 3.63) is 46.9 Å². The van der Waals surface area contributed by atoms with Gasteiger partial charge in [-0.3, -0.25) is 9.52 Å². The minimum Gasteiger partial charge on any atom is -0.495 e. The van der Waals surface area contributed by atoms with Gasteiger partial charge in [-0.25, -0.2) is 8.42 Å². The monoisotopic (exact) mass is 470 g/mol. The molecule has 0 aliphatic carbocycles. The second kappa shape index (κ2) is 9.90. The van der Waals surface area contributed by atoms with Crippen LogP contribution < -0.4 is 14.8 Å². The largest absolute Gasteiger partial charge is 0.495 e. The Hall–Kier alpha value is -2.10. The molecule has 0 spiro atoms. The minimum absolute atomic E-state index is 0.0832. The van der Waals surface area contributed by atoms with Crippen molar-refractivity contribution < 1.29 is 22.7 Å². The number of carbonyl (C=O) groups excluding carboxylic acids is 1. The molecule has 0 aliphatic heterocycles. The zero-order chi connectivity index (χ0) is 20.7. The molecule has 1 unspecified atom stereocenters. The molecule has 0 heterocycles. The number of anilines is 2. The zero-order valence-electron chi connectivity index (χ0n) is 15.9. The molecule has 9 heteroatoms. The Morgan fingerprint density at radius 2 is 1.75 bits per heavy atom. The molecule has 0 bridgehead atoms. The van der Waals surface area contributed by atoms with Gasteiger partial charge >= 0.3 is 0 Å². The molecule has 2 rings (SSSR count). The van der Waals surface area contributed by atoms with Gasteiger partial charge in [0.2, 0.25) is 0 Å². The predicted molar refractivity (Wildman–Crippen MR) is 112 cm³/mol. The highest BCUT2D eigenvalue weighted by molar-refractivity contribution is 9.10. The van der Waals surface area contributed by atoms with E-state index in [-0.39, 0.29) is 16.6 Å². The van der Waals surface area contributed by atoms with Crippen molar-refractivity contribution in [2.24, 2.45) is 0 Å². The Balaban J connectivity index is 2.31. The lowest BCUT2D eigenvalue weighted by molar-refractivity contribution is -0.127. The molecule has 152 valence electrons. The van der Waals surface area contributed by atoms with Crippen LogP contribution in [-0.4, -0.2) is 34.1 Å². The Morgan fingerprint density at radius 3 is 2.32 bits per heavy atom. The number of rotatable bonds is 9. The molecule has 1 amide bonds. The number of ether oxygens (including phenoxy) is 2. The van der Waals surface area contributed by atoms with E-state index in [9.17, 15) is 13.2 Å². The van der Waals surface area contributed by atoms with E-state index < -0.39 is 16.1 Å². The van der Waals surface area contributed by atoms with Crippen molar-refractivity contribution in [2.45, 2.75) is 31.3 Å². The van der Waals surface area contributed by atoms with Gasteiger partial charge in [0.25, 0.3) is 15.9 Å². The van der Waals surface area contributed by atoms with Crippen LogP contribution in [0.4, 0.5) is 11.4 Å². The van der Waals surface area contributed by atoms with Gasteiger partial charge in [-0.2, -0.15) is 0 Å². The number of sulfonamides is 1. The molecule has 2 aromatic carbocycles. The molecule has 0 fully saturated rings. The Labute approximate surface area is 173 Å². The van der Waals surface area contributed by atoms with Gasteiger partial charge < -0.3 is 14.8 Å². The molecule has 0 saturated heterocycles. The van der Waals surface area contributed by atoms with Gasteiger partial charge in [0, 0.05) is 22.5 Å². The maximum Gasteiger partial charge on any atom is 0.265 e. The number of benzene rings is 2. The van der Waals surface area contributed by atoms with Gasteiger partial charge in [-0.05, 0) is 55.8 Å². The van der Waals surface area contributed by atoms with Crippen molar-refractivity contribution in [1.82, 2.24) is 0 Å². The molecular formula is C19H23BrN2O5S. The van der Waals surface area contributed by atoms with E-state index in [0.29, 0.717) is 24.4 Å². The van der Waals surface area contributed by atoms with E-state index in [0.717, 1.165) is 4.47 Å². The van der Waals surface area contributed by atoms with Crippen molar-refractivity contribution in [2.75, 3.05) is 23.8 Å². The summed E-state index contributed by atoms with van der Waals surface area (Å²) in [5.41, 5.74) is 0.738. The van der Waals surface area contributed by atoms with Crippen molar-refractivity contribution >= 4 is 43.2 Å². The third-order valence-corrected chi connectivity index (χ3v) is 5.78. The lowest BCUT2D eigenvalue weighted by Crippen LogP contribution is -2.30. The summed E-state index contributed by atoms with van der Waals surface area (Å²) in [6.45, 7) is 4.05. The summed E-state index contributed by atoms with van der Waals surface area (Å²) in [7, 11) is -2.55. The average molecular weight is 471 g/mol. The molecule has 7 nitrogen and oxygen atoms in total. The summed E-state index contributed by atoms with van der Waals surface area (Å²) in [5, 5.41) is 2.69. The highest BCUT2D eigenvalue weighted by atomic mass is 79.9. The number of carbonyl (C=O) groups is 1. The van der Waals surface area contributed by atoms with Gasteiger partial charge in [0.1, 0.15) is 16.7 Å².